The van der Waals surface area contributed by atoms with Crippen molar-refractivity contribution in [2.75, 3.05) is 41.8 Å². The molecule has 5 nitrogen and oxygen atoms in total. The normalized spacial score (nSPS) is 15.5. The minimum atomic E-state index is -0.330. The Morgan fingerprint density at radius 3 is 2.33 bits per heavy atom. The molecule has 0 bridgehead atoms. The monoisotopic (exact) mass is 367 g/mol. The number of carbonyl (C=O) groups excluding carboxylic acids is 1. The second kappa shape index (κ2) is 8.91. The number of carbonyl (C=O) groups is 1. The van der Waals surface area contributed by atoms with E-state index in [9.17, 15) is 4.79 Å². The van der Waals surface area contributed by atoms with Crippen LogP contribution >= 0.6 is 0 Å². The first-order chi connectivity index (χ1) is 13.0. The lowest BCUT2D eigenvalue weighted by Gasteiger charge is -2.29. The molecule has 2 N–H and O–H groups in total. The summed E-state index contributed by atoms with van der Waals surface area (Å²) in [7, 11) is 0. The Morgan fingerprint density at radius 1 is 1.00 bits per heavy atom. The largest absolute Gasteiger partial charge is 0.378 e. The SMILES string of the molecule is CC(C)c1ccccc1N[C@@H](C)C(=O)Nc1ccc(N2CCOCC2)cc1. The van der Waals surface area contributed by atoms with E-state index in [2.05, 4.69) is 35.4 Å². The van der Waals surface area contributed by atoms with Crippen LogP contribution in [0.5, 0.6) is 0 Å². The number of anilines is 3. The van der Waals surface area contributed by atoms with Crippen molar-refractivity contribution >= 4 is 23.0 Å². The quantitative estimate of drug-likeness (QED) is 0.808. The molecule has 0 saturated carbocycles. The summed E-state index contributed by atoms with van der Waals surface area (Å²) in [5.41, 5.74) is 4.20. The van der Waals surface area contributed by atoms with Gasteiger partial charge in [-0.3, -0.25) is 4.79 Å². The maximum Gasteiger partial charge on any atom is 0.246 e. The summed E-state index contributed by atoms with van der Waals surface area (Å²) in [6, 6.07) is 15.8. The van der Waals surface area contributed by atoms with Gasteiger partial charge in [-0.1, -0.05) is 32.0 Å². The molecular formula is C22H29N3O2. The minimum absolute atomic E-state index is 0.0484. The van der Waals surface area contributed by atoms with Crippen LogP contribution < -0.4 is 15.5 Å². The fraction of sp³-hybridized carbons (Fsp3) is 0.409. The molecule has 144 valence electrons. The Balaban J connectivity index is 1.59. The molecule has 1 aliphatic rings. The molecule has 0 spiro atoms. The van der Waals surface area contributed by atoms with Gasteiger partial charge >= 0.3 is 0 Å². The molecule has 0 aromatic heterocycles. The van der Waals surface area contributed by atoms with Crippen molar-refractivity contribution in [1.29, 1.82) is 0 Å². The standard InChI is InChI=1S/C22H29N3O2/c1-16(2)20-6-4-5-7-21(20)23-17(3)22(26)24-18-8-10-19(11-9-18)25-12-14-27-15-13-25/h4-11,16-17,23H,12-15H2,1-3H3,(H,24,26)/t17-/m0/s1. The maximum atomic E-state index is 12.6. The van der Waals surface area contributed by atoms with E-state index in [1.54, 1.807) is 0 Å². The Hall–Kier alpha value is -2.53. The molecule has 1 amide bonds. The van der Waals surface area contributed by atoms with Crippen molar-refractivity contribution in [3.05, 3.63) is 54.1 Å². The van der Waals surface area contributed by atoms with E-state index in [4.69, 9.17) is 4.74 Å². The Morgan fingerprint density at radius 2 is 1.67 bits per heavy atom. The van der Waals surface area contributed by atoms with E-state index in [0.717, 1.165) is 43.4 Å². The van der Waals surface area contributed by atoms with Crippen molar-refractivity contribution in [3.63, 3.8) is 0 Å². The lowest BCUT2D eigenvalue weighted by Crippen LogP contribution is -2.36. The highest BCUT2D eigenvalue weighted by Gasteiger charge is 2.16. The van der Waals surface area contributed by atoms with E-state index in [1.165, 1.54) is 5.56 Å². The minimum Gasteiger partial charge on any atom is -0.378 e. The highest BCUT2D eigenvalue weighted by atomic mass is 16.5. The number of nitrogens with zero attached hydrogens (tertiary/aromatic N) is 1. The molecular weight excluding hydrogens is 338 g/mol. The topological polar surface area (TPSA) is 53.6 Å². The zero-order valence-corrected chi connectivity index (χ0v) is 16.4. The average molecular weight is 367 g/mol. The summed E-state index contributed by atoms with van der Waals surface area (Å²) >= 11 is 0. The van der Waals surface area contributed by atoms with Crippen molar-refractivity contribution in [2.24, 2.45) is 0 Å². The molecule has 1 aliphatic heterocycles. The summed E-state index contributed by atoms with van der Waals surface area (Å²) in [6.45, 7) is 9.53. The highest BCUT2D eigenvalue weighted by Crippen LogP contribution is 2.24. The molecule has 2 aromatic rings. The molecule has 27 heavy (non-hydrogen) atoms. The highest BCUT2D eigenvalue weighted by molar-refractivity contribution is 5.96. The Kier molecular flexibility index (Phi) is 6.35. The second-order valence-corrected chi connectivity index (χ2v) is 7.24. The molecule has 0 aliphatic carbocycles. The summed E-state index contributed by atoms with van der Waals surface area (Å²) in [5, 5.41) is 6.34. The third-order valence-electron chi connectivity index (χ3n) is 4.86. The Labute approximate surface area is 161 Å². The lowest BCUT2D eigenvalue weighted by molar-refractivity contribution is -0.116. The van der Waals surface area contributed by atoms with Gasteiger partial charge in [-0.05, 0) is 48.7 Å². The van der Waals surface area contributed by atoms with E-state index < -0.39 is 0 Å². The molecule has 1 heterocycles. The van der Waals surface area contributed by atoms with Crippen molar-refractivity contribution in [2.45, 2.75) is 32.7 Å². The average Bonchev–Trinajstić information content (AvgIpc) is 2.69. The number of benzene rings is 2. The van der Waals surface area contributed by atoms with E-state index in [1.807, 2.05) is 49.4 Å². The van der Waals surface area contributed by atoms with Crippen LogP contribution in [0.25, 0.3) is 0 Å². The van der Waals surface area contributed by atoms with Crippen LogP contribution in [-0.2, 0) is 9.53 Å². The molecule has 3 rings (SSSR count). The predicted molar refractivity (Wildman–Crippen MR) is 112 cm³/mol. The zero-order valence-electron chi connectivity index (χ0n) is 16.4. The summed E-state index contributed by atoms with van der Waals surface area (Å²) in [5.74, 6) is 0.351. The van der Waals surface area contributed by atoms with Crippen LogP contribution in [0.4, 0.5) is 17.1 Å². The summed E-state index contributed by atoms with van der Waals surface area (Å²) in [6.07, 6.45) is 0. The number of rotatable bonds is 6. The van der Waals surface area contributed by atoms with Gasteiger partial charge in [-0.25, -0.2) is 0 Å². The molecule has 1 fully saturated rings. The van der Waals surface area contributed by atoms with Crippen LogP contribution in [-0.4, -0.2) is 38.3 Å². The van der Waals surface area contributed by atoms with Gasteiger partial charge in [-0.15, -0.1) is 0 Å². The number of nitrogens with one attached hydrogen (secondary N) is 2. The van der Waals surface area contributed by atoms with Crippen LogP contribution in [0.1, 0.15) is 32.3 Å². The maximum absolute atomic E-state index is 12.6. The van der Waals surface area contributed by atoms with Gasteiger partial charge in [-0.2, -0.15) is 0 Å². The second-order valence-electron chi connectivity index (χ2n) is 7.24. The molecule has 1 saturated heterocycles. The number of amides is 1. The number of ether oxygens (including phenoxy) is 1. The molecule has 0 unspecified atom stereocenters. The van der Waals surface area contributed by atoms with Crippen LogP contribution in [0.2, 0.25) is 0 Å². The van der Waals surface area contributed by atoms with Gasteiger partial charge in [0.1, 0.15) is 6.04 Å². The van der Waals surface area contributed by atoms with Crippen molar-refractivity contribution in [3.8, 4) is 0 Å². The van der Waals surface area contributed by atoms with E-state index in [0.29, 0.717) is 5.92 Å². The first-order valence-electron chi connectivity index (χ1n) is 9.63. The lowest BCUT2D eigenvalue weighted by atomic mass is 10.0. The van der Waals surface area contributed by atoms with Crippen LogP contribution in [0, 0.1) is 0 Å². The summed E-state index contributed by atoms with van der Waals surface area (Å²) in [4.78, 5) is 14.9. The fourth-order valence-electron chi connectivity index (χ4n) is 3.26. The number of hydrogen-bond acceptors (Lipinski definition) is 4. The van der Waals surface area contributed by atoms with E-state index in [-0.39, 0.29) is 11.9 Å². The fourth-order valence-corrected chi connectivity index (χ4v) is 3.26. The summed E-state index contributed by atoms with van der Waals surface area (Å²) < 4.78 is 5.39. The molecule has 2 aromatic carbocycles. The first-order valence-corrected chi connectivity index (χ1v) is 9.63. The van der Waals surface area contributed by atoms with Crippen molar-refractivity contribution < 1.29 is 9.53 Å². The molecule has 1 atom stereocenters. The van der Waals surface area contributed by atoms with Gasteiger partial charge in [0, 0.05) is 30.2 Å². The Bertz CT molecular complexity index is 752. The first kappa shape index (κ1) is 19.2. The smallest absolute Gasteiger partial charge is 0.246 e. The number of morpholine rings is 1. The van der Waals surface area contributed by atoms with Gasteiger partial charge in [0.05, 0.1) is 13.2 Å². The van der Waals surface area contributed by atoms with E-state index >= 15 is 0 Å². The van der Waals surface area contributed by atoms with Gasteiger partial charge in [0.15, 0.2) is 0 Å². The molecule has 5 heteroatoms. The number of hydrogen-bond donors (Lipinski definition) is 2. The number of para-hydroxylation sites is 1. The van der Waals surface area contributed by atoms with Gasteiger partial charge in [0.2, 0.25) is 5.91 Å². The predicted octanol–water partition coefficient (Wildman–Crippen LogP) is 4.09. The molecule has 0 radical (unpaired) electrons. The third-order valence-corrected chi connectivity index (χ3v) is 4.86. The van der Waals surface area contributed by atoms with Gasteiger partial charge in [0.25, 0.3) is 0 Å². The van der Waals surface area contributed by atoms with Crippen LogP contribution in [0.3, 0.4) is 0 Å². The van der Waals surface area contributed by atoms with Gasteiger partial charge < -0.3 is 20.3 Å². The zero-order chi connectivity index (χ0) is 19.2. The third kappa shape index (κ3) is 5.01. The van der Waals surface area contributed by atoms with Crippen molar-refractivity contribution in [1.82, 2.24) is 0 Å². The van der Waals surface area contributed by atoms with Crippen LogP contribution in [0.15, 0.2) is 48.5 Å².